The quantitative estimate of drug-likeness (QED) is 0.537. The van der Waals surface area contributed by atoms with Crippen LogP contribution in [0.5, 0.6) is 5.75 Å². The van der Waals surface area contributed by atoms with Crippen molar-refractivity contribution in [2.75, 3.05) is 13.2 Å². The second kappa shape index (κ2) is 8.31. The topological polar surface area (TPSA) is 59.3 Å². The number of unbranched alkanes of at least 4 members (excludes halogenated alkanes) is 1. The molecule has 1 aromatic rings. The van der Waals surface area contributed by atoms with Crippen LogP contribution in [0.1, 0.15) is 50.4 Å². The maximum absolute atomic E-state index is 11.5. The molecule has 1 rings (SSSR count). The molecule has 0 aromatic heterocycles. The molecule has 0 atom stereocenters. The molecular weight excluding hydrogens is 266 g/mol. The molecule has 0 spiro atoms. The van der Waals surface area contributed by atoms with Crippen molar-refractivity contribution in [3.8, 4) is 11.8 Å². The van der Waals surface area contributed by atoms with Gasteiger partial charge in [0.2, 0.25) is 0 Å². The molecule has 21 heavy (non-hydrogen) atoms. The summed E-state index contributed by atoms with van der Waals surface area (Å²) >= 11 is 0. The third kappa shape index (κ3) is 6.31. The highest BCUT2D eigenvalue weighted by Gasteiger charge is 2.15. The second-order valence-corrected chi connectivity index (χ2v) is 5.55. The summed E-state index contributed by atoms with van der Waals surface area (Å²) in [7, 11) is 0. The number of nitrogens with zero attached hydrogens (tertiary/aromatic N) is 1. The van der Waals surface area contributed by atoms with Crippen LogP contribution in [0.4, 0.5) is 0 Å². The van der Waals surface area contributed by atoms with Gasteiger partial charge in [0.25, 0.3) is 0 Å². The Hall–Kier alpha value is -2.02. The number of hydrogen-bond donors (Lipinski definition) is 0. The van der Waals surface area contributed by atoms with Gasteiger partial charge in [-0.1, -0.05) is 0 Å². The van der Waals surface area contributed by atoms with Gasteiger partial charge in [-0.25, -0.2) is 4.79 Å². The first-order valence-electron chi connectivity index (χ1n) is 7.30. The number of ether oxygens (including phenoxy) is 2. The summed E-state index contributed by atoms with van der Waals surface area (Å²) in [6.45, 7) is 6.66. The first kappa shape index (κ1) is 17.0. The molecule has 0 fully saturated rings. The summed E-state index contributed by atoms with van der Waals surface area (Å²) in [6, 6.07) is 9.23. The number of rotatable bonds is 8. The summed E-state index contributed by atoms with van der Waals surface area (Å²) < 4.78 is 10.5. The molecule has 4 nitrogen and oxygen atoms in total. The van der Waals surface area contributed by atoms with Crippen LogP contribution in [-0.2, 0) is 4.74 Å². The number of benzene rings is 1. The number of esters is 1. The minimum atomic E-state index is -0.317. The normalized spacial score (nSPS) is 10.8. The van der Waals surface area contributed by atoms with Gasteiger partial charge in [0.1, 0.15) is 5.75 Å². The van der Waals surface area contributed by atoms with Gasteiger partial charge in [-0.15, -0.1) is 0 Å². The molecule has 0 N–H and O–H groups in total. The Balaban J connectivity index is 2.31. The molecule has 0 radical (unpaired) electrons. The standard InChI is InChI=1S/C17H23NO3/c1-4-20-16(19)14-7-9-15(10-8-14)21-12-6-5-11-17(2,3)13-18/h7-10H,4-6,11-12H2,1-3H3. The minimum absolute atomic E-state index is 0.263. The van der Waals surface area contributed by atoms with Crippen LogP contribution < -0.4 is 4.74 Å². The van der Waals surface area contributed by atoms with Crippen molar-refractivity contribution in [1.29, 1.82) is 5.26 Å². The van der Waals surface area contributed by atoms with Gasteiger partial charge >= 0.3 is 5.97 Å². The van der Waals surface area contributed by atoms with Gasteiger partial charge in [-0.05, 0) is 64.3 Å². The van der Waals surface area contributed by atoms with Gasteiger partial charge < -0.3 is 9.47 Å². The average molecular weight is 289 g/mol. The predicted molar refractivity (Wildman–Crippen MR) is 81.1 cm³/mol. The first-order valence-corrected chi connectivity index (χ1v) is 7.30. The number of hydrogen-bond acceptors (Lipinski definition) is 4. The Morgan fingerprint density at radius 1 is 1.24 bits per heavy atom. The molecule has 0 saturated heterocycles. The summed E-state index contributed by atoms with van der Waals surface area (Å²) in [5, 5.41) is 8.92. The first-order chi connectivity index (χ1) is 9.98. The fourth-order valence-corrected chi connectivity index (χ4v) is 1.82. The Morgan fingerprint density at radius 2 is 1.90 bits per heavy atom. The van der Waals surface area contributed by atoms with Crippen LogP contribution in [0.25, 0.3) is 0 Å². The lowest BCUT2D eigenvalue weighted by Gasteiger charge is -2.14. The largest absolute Gasteiger partial charge is 0.494 e. The van der Waals surface area contributed by atoms with Gasteiger partial charge in [-0.2, -0.15) is 5.26 Å². The zero-order chi connectivity index (χ0) is 15.7. The van der Waals surface area contributed by atoms with Crippen molar-refractivity contribution in [3.05, 3.63) is 29.8 Å². The Morgan fingerprint density at radius 3 is 2.48 bits per heavy atom. The molecular formula is C17H23NO3. The molecule has 0 bridgehead atoms. The van der Waals surface area contributed by atoms with Crippen molar-refractivity contribution >= 4 is 5.97 Å². The summed E-state index contributed by atoms with van der Waals surface area (Å²) in [6.07, 6.45) is 2.74. The van der Waals surface area contributed by atoms with E-state index in [4.69, 9.17) is 14.7 Å². The fourth-order valence-electron chi connectivity index (χ4n) is 1.82. The zero-order valence-electron chi connectivity index (χ0n) is 13.0. The smallest absolute Gasteiger partial charge is 0.338 e. The van der Waals surface area contributed by atoms with E-state index < -0.39 is 0 Å². The van der Waals surface area contributed by atoms with Crippen LogP contribution in [0, 0.1) is 16.7 Å². The van der Waals surface area contributed by atoms with Crippen molar-refractivity contribution in [2.24, 2.45) is 5.41 Å². The van der Waals surface area contributed by atoms with Gasteiger partial charge in [0.05, 0.1) is 30.3 Å². The van der Waals surface area contributed by atoms with Crippen LogP contribution >= 0.6 is 0 Å². The van der Waals surface area contributed by atoms with E-state index in [1.54, 1.807) is 31.2 Å². The van der Waals surface area contributed by atoms with E-state index in [0.29, 0.717) is 18.8 Å². The van der Waals surface area contributed by atoms with Gasteiger partial charge in [0, 0.05) is 0 Å². The molecule has 0 amide bonds. The molecule has 0 saturated carbocycles. The lowest BCUT2D eigenvalue weighted by atomic mass is 9.89. The molecule has 0 unspecified atom stereocenters. The molecule has 1 aromatic carbocycles. The average Bonchev–Trinajstić information content (AvgIpc) is 2.47. The number of nitriles is 1. The van der Waals surface area contributed by atoms with Crippen molar-refractivity contribution in [1.82, 2.24) is 0 Å². The Labute approximate surface area is 126 Å². The summed E-state index contributed by atoms with van der Waals surface area (Å²) in [5.41, 5.74) is 0.265. The van der Waals surface area contributed by atoms with Gasteiger partial charge in [0.15, 0.2) is 0 Å². The monoisotopic (exact) mass is 289 g/mol. The van der Waals surface area contributed by atoms with Crippen molar-refractivity contribution in [2.45, 2.75) is 40.0 Å². The SMILES string of the molecule is CCOC(=O)c1ccc(OCCCCC(C)(C)C#N)cc1. The van der Waals surface area contributed by atoms with Crippen LogP contribution in [0.3, 0.4) is 0 Å². The predicted octanol–water partition coefficient (Wildman–Crippen LogP) is 3.96. The molecule has 0 aliphatic heterocycles. The Bertz CT molecular complexity index is 486. The minimum Gasteiger partial charge on any atom is -0.494 e. The van der Waals surface area contributed by atoms with E-state index in [-0.39, 0.29) is 11.4 Å². The van der Waals surface area contributed by atoms with Crippen LogP contribution in [0.15, 0.2) is 24.3 Å². The van der Waals surface area contributed by atoms with E-state index in [1.165, 1.54) is 0 Å². The Kier molecular flexibility index (Phi) is 6.74. The van der Waals surface area contributed by atoms with Gasteiger partial charge in [-0.3, -0.25) is 0 Å². The second-order valence-electron chi connectivity index (χ2n) is 5.55. The zero-order valence-corrected chi connectivity index (χ0v) is 13.0. The maximum atomic E-state index is 11.5. The lowest BCUT2D eigenvalue weighted by Crippen LogP contribution is -2.08. The van der Waals surface area contributed by atoms with Crippen LogP contribution in [0.2, 0.25) is 0 Å². The highest BCUT2D eigenvalue weighted by molar-refractivity contribution is 5.89. The number of carbonyl (C=O) groups excluding carboxylic acids is 1. The van der Waals surface area contributed by atoms with Crippen molar-refractivity contribution < 1.29 is 14.3 Å². The highest BCUT2D eigenvalue weighted by atomic mass is 16.5. The molecule has 114 valence electrons. The third-order valence-corrected chi connectivity index (χ3v) is 3.13. The van der Waals surface area contributed by atoms with E-state index in [9.17, 15) is 4.79 Å². The van der Waals surface area contributed by atoms with E-state index in [1.807, 2.05) is 13.8 Å². The molecule has 0 aliphatic rings. The third-order valence-electron chi connectivity index (χ3n) is 3.13. The molecule has 4 heteroatoms. The highest BCUT2D eigenvalue weighted by Crippen LogP contribution is 2.21. The van der Waals surface area contributed by atoms with E-state index >= 15 is 0 Å². The fraction of sp³-hybridized carbons (Fsp3) is 0.529. The van der Waals surface area contributed by atoms with Crippen LogP contribution in [-0.4, -0.2) is 19.2 Å². The lowest BCUT2D eigenvalue weighted by molar-refractivity contribution is 0.0526. The molecule has 0 aliphatic carbocycles. The maximum Gasteiger partial charge on any atom is 0.338 e. The van der Waals surface area contributed by atoms with E-state index in [0.717, 1.165) is 25.0 Å². The summed E-state index contributed by atoms with van der Waals surface area (Å²) in [4.78, 5) is 11.5. The summed E-state index contributed by atoms with van der Waals surface area (Å²) in [5.74, 6) is 0.422. The van der Waals surface area contributed by atoms with E-state index in [2.05, 4.69) is 6.07 Å². The molecule has 0 heterocycles. The number of carbonyl (C=O) groups is 1. The van der Waals surface area contributed by atoms with Crippen molar-refractivity contribution in [3.63, 3.8) is 0 Å².